The van der Waals surface area contributed by atoms with Gasteiger partial charge in [0, 0.05) is 17.7 Å². The fraction of sp³-hybridized carbons (Fsp3) is 0.333. The molecule has 0 amide bonds. The summed E-state index contributed by atoms with van der Waals surface area (Å²) in [6, 6.07) is 9.80. The van der Waals surface area contributed by atoms with E-state index in [2.05, 4.69) is 10.9 Å². The summed E-state index contributed by atoms with van der Waals surface area (Å²) in [5.74, 6) is 2.76. The normalized spacial score (nSPS) is 21.6. The molecule has 1 heterocycles. The third kappa shape index (κ3) is 2.82. The van der Waals surface area contributed by atoms with Gasteiger partial charge in [-0.3, -0.25) is 4.99 Å². The number of aliphatic imine (C=N–C) groups is 1. The first-order valence-corrected chi connectivity index (χ1v) is 7.09. The van der Waals surface area contributed by atoms with E-state index in [0.717, 1.165) is 10.6 Å². The van der Waals surface area contributed by atoms with E-state index >= 15 is 0 Å². The Morgan fingerprint density at radius 3 is 2.89 bits per heavy atom. The SMILES string of the molecule is C#CCC1(C(=O)OCC)CSC(c2ccccc2)=N1. The van der Waals surface area contributed by atoms with Crippen molar-refractivity contribution >= 4 is 22.8 Å². The number of carbonyl (C=O) groups is 1. The maximum Gasteiger partial charge on any atom is 0.335 e. The van der Waals surface area contributed by atoms with Crippen LogP contribution in [0.3, 0.4) is 0 Å². The zero-order valence-corrected chi connectivity index (χ0v) is 11.6. The van der Waals surface area contributed by atoms with Crippen molar-refractivity contribution in [3.05, 3.63) is 35.9 Å². The molecule has 0 spiro atoms. The van der Waals surface area contributed by atoms with Gasteiger partial charge < -0.3 is 4.74 Å². The summed E-state index contributed by atoms with van der Waals surface area (Å²) in [6.07, 6.45) is 5.65. The van der Waals surface area contributed by atoms with Crippen LogP contribution in [0.2, 0.25) is 0 Å². The maximum absolute atomic E-state index is 12.1. The summed E-state index contributed by atoms with van der Waals surface area (Å²) in [6.45, 7) is 2.12. The predicted octanol–water partition coefficient (Wildman–Crippen LogP) is 2.51. The molecular formula is C15H15NO2S. The van der Waals surface area contributed by atoms with Crippen molar-refractivity contribution in [1.82, 2.24) is 0 Å². The fourth-order valence-electron chi connectivity index (χ4n) is 1.88. The number of benzene rings is 1. The summed E-state index contributed by atoms with van der Waals surface area (Å²) in [7, 11) is 0. The van der Waals surface area contributed by atoms with Crippen molar-refractivity contribution in [2.75, 3.05) is 12.4 Å². The third-order valence-electron chi connectivity index (χ3n) is 2.83. The molecule has 1 aromatic carbocycles. The molecule has 0 radical (unpaired) electrons. The number of ether oxygens (including phenoxy) is 1. The number of esters is 1. The highest BCUT2D eigenvalue weighted by atomic mass is 32.2. The molecule has 0 aliphatic carbocycles. The van der Waals surface area contributed by atoms with Gasteiger partial charge in [0.1, 0.15) is 0 Å². The number of nitrogens with zero attached hydrogens (tertiary/aromatic N) is 1. The standard InChI is InChI=1S/C15H15NO2S/c1-3-10-15(14(17)18-4-2)11-19-13(16-15)12-8-6-5-7-9-12/h1,5-9H,4,10-11H2,2H3. The minimum atomic E-state index is -0.916. The second kappa shape index (κ2) is 5.94. The van der Waals surface area contributed by atoms with Crippen molar-refractivity contribution < 1.29 is 9.53 Å². The summed E-state index contributed by atoms with van der Waals surface area (Å²) in [5.41, 5.74) is 0.0938. The van der Waals surface area contributed by atoms with Crippen LogP contribution in [-0.2, 0) is 9.53 Å². The highest BCUT2D eigenvalue weighted by Crippen LogP contribution is 2.34. The average Bonchev–Trinajstić information content (AvgIpc) is 2.86. The quantitative estimate of drug-likeness (QED) is 0.625. The second-order valence-electron chi connectivity index (χ2n) is 4.20. The van der Waals surface area contributed by atoms with Crippen LogP contribution in [0.25, 0.3) is 0 Å². The Morgan fingerprint density at radius 2 is 2.26 bits per heavy atom. The minimum Gasteiger partial charge on any atom is -0.464 e. The fourth-order valence-corrected chi connectivity index (χ4v) is 3.08. The van der Waals surface area contributed by atoms with Gasteiger partial charge >= 0.3 is 5.97 Å². The van der Waals surface area contributed by atoms with Gasteiger partial charge in [-0.05, 0) is 6.92 Å². The number of rotatable bonds is 4. The van der Waals surface area contributed by atoms with Gasteiger partial charge in [0.15, 0.2) is 5.54 Å². The minimum absolute atomic E-state index is 0.273. The van der Waals surface area contributed by atoms with Crippen LogP contribution in [0.15, 0.2) is 35.3 Å². The van der Waals surface area contributed by atoms with Crippen molar-refractivity contribution in [2.24, 2.45) is 4.99 Å². The van der Waals surface area contributed by atoms with E-state index in [1.807, 2.05) is 30.3 Å². The molecule has 1 aliphatic rings. The van der Waals surface area contributed by atoms with E-state index in [-0.39, 0.29) is 12.4 Å². The molecule has 4 heteroatoms. The molecule has 1 atom stereocenters. The molecular weight excluding hydrogens is 258 g/mol. The van der Waals surface area contributed by atoms with E-state index in [9.17, 15) is 4.79 Å². The van der Waals surface area contributed by atoms with Gasteiger partial charge in [-0.25, -0.2) is 4.79 Å². The number of thioether (sulfide) groups is 1. The lowest BCUT2D eigenvalue weighted by molar-refractivity contribution is -0.148. The summed E-state index contributed by atoms with van der Waals surface area (Å²) in [5, 5.41) is 0.851. The first kappa shape index (κ1) is 13.7. The summed E-state index contributed by atoms with van der Waals surface area (Å²) >= 11 is 1.55. The molecule has 1 aromatic rings. The van der Waals surface area contributed by atoms with Crippen molar-refractivity contribution in [3.8, 4) is 12.3 Å². The van der Waals surface area contributed by atoms with Crippen molar-refractivity contribution in [1.29, 1.82) is 0 Å². The van der Waals surface area contributed by atoms with Crippen molar-refractivity contribution in [3.63, 3.8) is 0 Å². The molecule has 0 saturated carbocycles. The second-order valence-corrected chi connectivity index (χ2v) is 5.17. The van der Waals surface area contributed by atoms with E-state index in [0.29, 0.717) is 12.4 Å². The Labute approximate surface area is 117 Å². The van der Waals surface area contributed by atoms with Crippen LogP contribution in [-0.4, -0.2) is 28.9 Å². The zero-order chi connectivity index (χ0) is 13.7. The highest BCUT2D eigenvalue weighted by molar-refractivity contribution is 8.14. The van der Waals surface area contributed by atoms with Gasteiger partial charge in [0.2, 0.25) is 0 Å². The first-order valence-electron chi connectivity index (χ1n) is 6.10. The smallest absolute Gasteiger partial charge is 0.335 e. The van der Waals surface area contributed by atoms with Gasteiger partial charge in [-0.2, -0.15) is 0 Å². The molecule has 19 heavy (non-hydrogen) atoms. The third-order valence-corrected chi connectivity index (χ3v) is 4.06. The molecule has 0 aromatic heterocycles. The van der Waals surface area contributed by atoms with Gasteiger partial charge in [0.05, 0.1) is 11.7 Å². The molecule has 1 unspecified atom stereocenters. The van der Waals surface area contributed by atoms with Crippen molar-refractivity contribution in [2.45, 2.75) is 18.9 Å². The van der Waals surface area contributed by atoms with Crippen LogP contribution in [0.1, 0.15) is 18.9 Å². The lowest BCUT2D eigenvalue weighted by Gasteiger charge is -2.20. The molecule has 98 valence electrons. The van der Waals surface area contributed by atoms with Crippen LogP contribution in [0, 0.1) is 12.3 Å². The molecule has 0 saturated heterocycles. The molecule has 0 fully saturated rings. The van der Waals surface area contributed by atoms with E-state index in [4.69, 9.17) is 11.2 Å². The Bertz CT molecular complexity index is 533. The number of hydrogen-bond acceptors (Lipinski definition) is 4. The highest BCUT2D eigenvalue weighted by Gasteiger charge is 2.43. The summed E-state index contributed by atoms with van der Waals surface area (Å²) < 4.78 is 5.11. The largest absolute Gasteiger partial charge is 0.464 e. The monoisotopic (exact) mass is 273 g/mol. The van der Waals surface area contributed by atoms with Crippen LogP contribution >= 0.6 is 11.8 Å². The lowest BCUT2D eigenvalue weighted by Crippen LogP contribution is -2.38. The van der Waals surface area contributed by atoms with E-state index in [1.165, 1.54) is 0 Å². The van der Waals surface area contributed by atoms with E-state index in [1.54, 1.807) is 18.7 Å². The molecule has 3 nitrogen and oxygen atoms in total. The Hall–Kier alpha value is -1.73. The molecule has 1 aliphatic heterocycles. The van der Waals surface area contributed by atoms with E-state index < -0.39 is 5.54 Å². The zero-order valence-electron chi connectivity index (χ0n) is 10.8. The molecule has 2 rings (SSSR count). The topological polar surface area (TPSA) is 38.7 Å². The molecule has 0 bridgehead atoms. The number of carbonyl (C=O) groups excluding carboxylic acids is 1. The Morgan fingerprint density at radius 1 is 1.53 bits per heavy atom. The van der Waals surface area contributed by atoms with Gasteiger partial charge in [-0.15, -0.1) is 24.1 Å². The number of hydrogen-bond donors (Lipinski definition) is 0. The summed E-state index contributed by atoms with van der Waals surface area (Å²) in [4.78, 5) is 16.7. The lowest BCUT2D eigenvalue weighted by atomic mass is 9.99. The maximum atomic E-state index is 12.1. The number of terminal acetylenes is 1. The Balaban J connectivity index is 2.31. The van der Waals surface area contributed by atoms with Crippen LogP contribution in [0.4, 0.5) is 0 Å². The van der Waals surface area contributed by atoms with Crippen LogP contribution in [0.5, 0.6) is 0 Å². The predicted molar refractivity (Wildman–Crippen MR) is 78.3 cm³/mol. The Kier molecular flexibility index (Phi) is 4.28. The molecule has 0 N–H and O–H groups in total. The van der Waals surface area contributed by atoms with Gasteiger partial charge in [0.25, 0.3) is 0 Å². The van der Waals surface area contributed by atoms with Crippen LogP contribution < -0.4 is 0 Å². The average molecular weight is 273 g/mol. The first-order chi connectivity index (χ1) is 9.22. The van der Waals surface area contributed by atoms with Gasteiger partial charge in [-0.1, -0.05) is 30.3 Å².